The summed E-state index contributed by atoms with van der Waals surface area (Å²) in [6, 6.07) is 7.35. The molecule has 94 valence electrons. The standard InChI is InChI=1S/C13H18INO2/c1-3-13(17,4-2)9-15-12(16)10-5-7-11(14)8-6-10/h5-8,17H,3-4,9H2,1-2H3,(H,15,16). The number of amides is 1. The molecule has 0 fully saturated rings. The summed E-state index contributed by atoms with van der Waals surface area (Å²) in [5, 5.41) is 12.8. The van der Waals surface area contributed by atoms with Crippen LogP contribution in [0, 0.1) is 3.57 Å². The largest absolute Gasteiger partial charge is 0.388 e. The van der Waals surface area contributed by atoms with Crippen LogP contribution in [0.4, 0.5) is 0 Å². The van der Waals surface area contributed by atoms with E-state index in [0.717, 1.165) is 3.57 Å². The number of carbonyl (C=O) groups is 1. The van der Waals surface area contributed by atoms with Crippen LogP contribution in [0.3, 0.4) is 0 Å². The molecule has 0 bridgehead atoms. The lowest BCUT2D eigenvalue weighted by molar-refractivity contribution is 0.0314. The molecule has 3 nitrogen and oxygen atoms in total. The molecule has 0 saturated carbocycles. The quantitative estimate of drug-likeness (QED) is 0.805. The average molecular weight is 347 g/mol. The van der Waals surface area contributed by atoms with Gasteiger partial charge in [-0.1, -0.05) is 13.8 Å². The normalized spacial score (nSPS) is 11.3. The van der Waals surface area contributed by atoms with Gasteiger partial charge in [0.15, 0.2) is 0 Å². The van der Waals surface area contributed by atoms with Gasteiger partial charge in [0.05, 0.1) is 5.60 Å². The third kappa shape index (κ3) is 4.27. The van der Waals surface area contributed by atoms with Crippen LogP contribution in [0.1, 0.15) is 37.0 Å². The average Bonchev–Trinajstić information content (AvgIpc) is 2.36. The first-order valence-electron chi connectivity index (χ1n) is 5.77. The van der Waals surface area contributed by atoms with E-state index in [9.17, 15) is 9.90 Å². The van der Waals surface area contributed by atoms with E-state index in [4.69, 9.17) is 0 Å². The Balaban J connectivity index is 2.58. The van der Waals surface area contributed by atoms with Crippen molar-refractivity contribution in [1.82, 2.24) is 5.32 Å². The van der Waals surface area contributed by atoms with Gasteiger partial charge in [-0.2, -0.15) is 0 Å². The van der Waals surface area contributed by atoms with Crippen molar-refractivity contribution in [3.8, 4) is 0 Å². The summed E-state index contributed by atoms with van der Waals surface area (Å²) in [7, 11) is 0. The zero-order valence-corrected chi connectivity index (χ0v) is 12.3. The maximum Gasteiger partial charge on any atom is 0.251 e. The van der Waals surface area contributed by atoms with Crippen LogP contribution in [0.5, 0.6) is 0 Å². The predicted octanol–water partition coefficient (Wildman–Crippen LogP) is 2.57. The molecule has 0 aliphatic rings. The molecule has 1 aromatic rings. The number of hydrogen-bond donors (Lipinski definition) is 2. The Morgan fingerprint density at radius 1 is 1.29 bits per heavy atom. The van der Waals surface area contributed by atoms with Gasteiger partial charge in [-0.3, -0.25) is 4.79 Å². The summed E-state index contributed by atoms with van der Waals surface area (Å²) in [4.78, 5) is 11.8. The van der Waals surface area contributed by atoms with Crippen molar-refractivity contribution >= 4 is 28.5 Å². The summed E-state index contributed by atoms with van der Waals surface area (Å²) in [6.45, 7) is 4.13. The van der Waals surface area contributed by atoms with E-state index in [-0.39, 0.29) is 5.91 Å². The van der Waals surface area contributed by atoms with E-state index >= 15 is 0 Å². The van der Waals surface area contributed by atoms with Crippen LogP contribution in [0.25, 0.3) is 0 Å². The Labute approximate surface area is 116 Å². The van der Waals surface area contributed by atoms with Crippen LogP contribution in [0.15, 0.2) is 24.3 Å². The SMILES string of the molecule is CCC(O)(CC)CNC(=O)c1ccc(I)cc1. The highest BCUT2D eigenvalue weighted by atomic mass is 127. The molecule has 17 heavy (non-hydrogen) atoms. The summed E-state index contributed by atoms with van der Waals surface area (Å²) in [5.74, 6) is -0.137. The minimum Gasteiger partial charge on any atom is -0.388 e. The van der Waals surface area contributed by atoms with E-state index in [0.29, 0.717) is 24.9 Å². The Bertz CT molecular complexity index is 372. The fraction of sp³-hybridized carbons (Fsp3) is 0.462. The van der Waals surface area contributed by atoms with Crippen molar-refractivity contribution in [2.75, 3.05) is 6.54 Å². The predicted molar refractivity (Wildman–Crippen MR) is 77.0 cm³/mol. The van der Waals surface area contributed by atoms with Gasteiger partial charge in [0.1, 0.15) is 0 Å². The van der Waals surface area contributed by atoms with Gasteiger partial charge >= 0.3 is 0 Å². The molecule has 0 spiro atoms. The summed E-state index contributed by atoms with van der Waals surface area (Å²) in [6.07, 6.45) is 1.27. The topological polar surface area (TPSA) is 49.3 Å². The minimum absolute atomic E-state index is 0.137. The number of aliphatic hydroxyl groups is 1. The van der Waals surface area contributed by atoms with Gasteiger partial charge in [0.25, 0.3) is 5.91 Å². The molecule has 0 aliphatic carbocycles. The molecule has 0 aromatic heterocycles. The number of benzene rings is 1. The Morgan fingerprint density at radius 2 is 1.82 bits per heavy atom. The number of rotatable bonds is 5. The second-order valence-electron chi connectivity index (χ2n) is 4.12. The maximum absolute atomic E-state index is 11.8. The number of hydrogen-bond acceptors (Lipinski definition) is 2. The fourth-order valence-corrected chi connectivity index (χ4v) is 1.81. The van der Waals surface area contributed by atoms with E-state index < -0.39 is 5.60 Å². The third-order valence-electron chi connectivity index (χ3n) is 3.00. The van der Waals surface area contributed by atoms with Crippen LogP contribution < -0.4 is 5.32 Å². The zero-order valence-electron chi connectivity index (χ0n) is 10.2. The molecule has 0 aliphatic heterocycles. The van der Waals surface area contributed by atoms with Gasteiger partial charge in [-0.15, -0.1) is 0 Å². The van der Waals surface area contributed by atoms with Crippen molar-refractivity contribution in [3.05, 3.63) is 33.4 Å². The molecule has 0 heterocycles. The molecule has 0 unspecified atom stereocenters. The molecule has 1 amide bonds. The first-order chi connectivity index (χ1) is 8.00. The summed E-state index contributed by atoms with van der Waals surface area (Å²) in [5.41, 5.74) is -0.168. The number of halogens is 1. The van der Waals surface area contributed by atoms with E-state index in [2.05, 4.69) is 27.9 Å². The lowest BCUT2D eigenvalue weighted by Crippen LogP contribution is -2.42. The monoisotopic (exact) mass is 347 g/mol. The zero-order chi connectivity index (χ0) is 12.9. The van der Waals surface area contributed by atoms with Gasteiger partial charge in [0.2, 0.25) is 0 Å². The van der Waals surface area contributed by atoms with E-state index in [1.807, 2.05) is 26.0 Å². The van der Waals surface area contributed by atoms with Crippen LogP contribution in [-0.2, 0) is 0 Å². The maximum atomic E-state index is 11.8. The molecular weight excluding hydrogens is 329 g/mol. The van der Waals surface area contributed by atoms with Crippen molar-refractivity contribution < 1.29 is 9.90 Å². The highest BCUT2D eigenvalue weighted by molar-refractivity contribution is 14.1. The van der Waals surface area contributed by atoms with Crippen molar-refractivity contribution in [1.29, 1.82) is 0 Å². The molecule has 4 heteroatoms. The molecule has 0 radical (unpaired) electrons. The Morgan fingerprint density at radius 3 is 2.29 bits per heavy atom. The van der Waals surface area contributed by atoms with E-state index in [1.165, 1.54) is 0 Å². The van der Waals surface area contributed by atoms with Gasteiger partial charge in [-0.05, 0) is 59.7 Å². The first-order valence-corrected chi connectivity index (χ1v) is 6.85. The van der Waals surface area contributed by atoms with Crippen molar-refractivity contribution in [2.24, 2.45) is 0 Å². The van der Waals surface area contributed by atoms with Crippen molar-refractivity contribution in [2.45, 2.75) is 32.3 Å². The van der Waals surface area contributed by atoms with Crippen LogP contribution in [-0.4, -0.2) is 23.2 Å². The van der Waals surface area contributed by atoms with Crippen LogP contribution >= 0.6 is 22.6 Å². The van der Waals surface area contributed by atoms with Gasteiger partial charge in [-0.25, -0.2) is 0 Å². The third-order valence-corrected chi connectivity index (χ3v) is 3.72. The Kier molecular flexibility index (Phi) is 5.39. The lowest BCUT2D eigenvalue weighted by Gasteiger charge is -2.25. The molecule has 2 N–H and O–H groups in total. The number of carbonyl (C=O) groups excluding carboxylic acids is 1. The fourth-order valence-electron chi connectivity index (χ4n) is 1.45. The van der Waals surface area contributed by atoms with Gasteiger partial charge in [0, 0.05) is 15.7 Å². The minimum atomic E-state index is -0.793. The van der Waals surface area contributed by atoms with E-state index in [1.54, 1.807) is 12.1 Å². The summed E-state index contributed by atoms with van der Waals surface area (Å²) >= 11 is 2.19. The molecule has 1 aromatic carbocycles. The first kappa shape index (κ1) is 14.4. The smallest absolute Gasteiger partial charge is 0.251 e. The van der Waals surface area contributed by atoms with Crippen LogP contribution in [0.2, 0.25) is 0 Å². The molecule has 0 saturated heterocycles. The number of nitrogens with one attached hydrogen (secondary N) is 1. The molecule has 1 rings (SSSR count). The lowest BCUT2D eigenvalue weighted by atomic mass is 9.97. The molecular formula is C13H18INO2. The molecule has 0 atom stereocenters. The second-order valence-corrected chi connectivity index (χ2v) is 5.37. The summed E-state index contributed by atoms with van der Waals surface area (Å²) < 4.78 is 1.10. The second kappa shape index (κ2) is 6.35. The highest BCUT2D eigenvalue weighted by Crippen LogP contribution is 2.13. The van der Waals surface area contributed by atoms with Gasteiger partial charge < -0.3 is 10.4 Å². The van der Waals surface area contributed by atoms with Crippen molar-refractivity contribution in [3.63, 3.8) is 0 Å². The Hall–Kier alpha value is -0.620. The highest BCUT2D eigenvalue weighted by Gasteiger charge is 2.22.